The van der Waals surface area contributed by atoms with Gasteiger partial charge in [-0.2, -0.15) is 5.10 Å². The Balaban J connectivity index is 1.69. The number of carbonyl (C=O) groups excluding carboxylic acids is 1. The molecule has 0 aliphatic carbocycles. The van der Waals surface area contributed by atoms with Crippen LogP contribution in [0.5, 0.6) is 5.75 Å². The third kappa shape index (κ3) is 2.63. The molecule has 2 aromatic carbocycles. The first-order valence-corrected chi connectivity index (χ1v) is 8.15. The molecular formula is C19H18N4O3. The number of nitrogens with one attached hydrogen (secondary N) is 3. The van der Waals surface area contributed by atoms with Crippen LogP contribution in [0.25, 0.3) is 21.9 Å². The Morgan fingerprint density at radius 3 is 2.65 bits per heavy atom. The number of urea groups is 1. The van der Waals surface area contributed by atoms with Crippen molar-refractivity contribution in [2.24, 2.45) is 0 Å². The molecule has 7 nitrogen and oxygen atoms in total. The van der Waals surface area contributed by atoms with Gasteiger partial charge in [-0.25, -0.2) is 4.79 Å². The van der Waals surface area contributed by atoms with Crippen molar-refractivity contribution in [1.82, 2.24) is 10.2 Å². The number of anilines is 2. The summed E-state index contributed by atoms with van der Waals surface area (Å²) in [7, 11) is 1.57. The highest BCUT2D eigenvalue weighted by Crippen LogP contribution is 2.36. The lowest BCUT2D eigenvalue weighted by atomic mass is 10.1. The van der Waals surface area contributed by atoms with Gasteiger partial charge >= 0.3 is 6.03 Å². The molecule has 0 saturated carbocycles. The number of nitrogens with zero attached hydrogens (tertiary/aromatic N) is 1. The van der Waals surface area contributed by atoms with Gasteiger partial charge < -0.3 is 19.8 Å². The van der Waals surface area contributed by atoms with Crippen LogP contribution in [0.3, 0.4) is 0 Å². The minimum atomic E-state index is -0.383. The minimum Gasteiger partial charge on any atom is -0.495 e. The third-order valence-corrected chi connectivity index (χ3v) is 4.31. The number of aromatic amines is 1. The third-order valence-electron chi connectivity index (χ3n) is 4.31. The van der Waals surface area contributed by atoms with Crippen LogP contribution in [-0.2, 0) is 0 Å². The summed E-state index contributed by atoms with van der Waals surface area (Å²) < 4.78 is 11.3. The monoisotopic (exact) mass is 350 g/mol. The van der Waals surface area contributed by atoms with Gasteiger partial charge in [0.25, 0.3) is 0 Å². The highest BCUT2D eigenvalue weighted by molar-refractivity contribution is 6.08. The average Bonchev–Trinajstić information content (AvgIpc) is 3.15. The van der Waals surface area contributed by atoms with Gasteiger partial charge in [0.1, 0.15) is 16.9 Å². The van der Waals surface area contributed by atoms with Crippen molar-refractivity contribution in [3.05, 3.63) is 47.8 Å². The Kier molecular flexibility index (Phi) is 3.76. The van der Waals surface area contributed by atoms with E-state index in [2.05, 4.69) is 20.8 Å². The Labute approximate surface area is 149 Å². The molecule has 0 aliphatic rings. The van der Waals surface area contributed by atoms with Gasteiger partial charge in [-0.3, -0.25) is 5.10 Å². The number of furan rings is 1. The lowest BCUT2D eigenvalue weighted by Crippen LogP contribution is -2.20. The number of aryl methyl sites for hydroxylation is 2. The first kappa shape index (κ1) is 16.0. The zero-order valence-corrected chi connectivity index (χ0v) is 14.6. The normalized spacial score (nSPS) is 11.0. The maximum atomic E-state index is 12.4. The molecule has 3 N–H and O–H groups in total. The van der Waals surface area contributed by atoms with Gasteiger partial charge in [-0.1, -0.05) is 18.2 Å². The standard InChI is InChI=1S/C19H18N4O3/c1-10-18(11(2)23-22-10)21-19(24)20-14-9-16-13(8-17(14)25-3)12-6-4-5-7-15(12)26-16/h4-9H,1-3H3,(H,22,23)(H2,20,21,24). The number of aromatic nitrogens is 2. The summed E-state index contributed by atoms with van der Waals surface area (Å²) in [5.41, 5.74) is 4.16. The first-order valence-electron chi connectivity index (χ1n) is 8.15. The highest BCUT2D eigenvalue weighted by Gasteiger charge is 2.15. The molecule has 0 atom stereocenters. The van der Waals surface area contributed by atoms with Crippen LogP contribution >= 0.6 is 0 Å². The number of carbonyl (C=O) groups is 1. The predicted octanol–water partition coefficient (Wildman–Crippen LogP) is 4.58. The zero-order valence-electron chi connectivity index (χ0n) is 14.6. The first-order chi connectivity index (χ1) is 12.6. The van der Waals surface area contributed by atoms with Gasteiger partial charge in [0, 0.05) is 16.8 Å². The summed E-state index contributed by atoms with van der Waals surface area (Å²) in [5.74, 6) is 0.555. The molecule has 2 aromatic heterocycles. The molecular weight excluding hydrogens is 332 g/mol. The Morgan fingerprint density at radius 2 is 1.92 bits per heavy atom. The summed E-state index contributed by atoms with van der Waals surface area (Å²) in [5, 5.41) is 14.5. The van der Waals surface area contributed by atoms with Gasteiger partial charge in [-0.15, -0.1) is 0 Å². The van der Waals surface area contributed by atoms with Gasteiger partial charge in [0.2, 0.25) is 0 Å². The molecule has 0 bridgehead atoms. The molecule has 0 fully saturated rings. The zero-order chi connectivity index (χ0) is 18.3. The van der Waals surface area contributed by atoms with Gasteiger partial charge in [-0.05, 0) is 26.0 Å². The summed E-state index contributed by atoms with van der Waals surface area (Å²) in [4.78, 5) is 12.4. The molecule has 0 unspecified atom stereocenters. The van der Waals surface area contributed by atoms with E-state index in [9.17, 15) is 4.79 Å². The van der Waals surface area contributed by atoms with E-state index < -0.39 is 0 Å². The van der Waals surface area contributed by atoms with Crippen molar-refractivity contribution in [3.8, 4) is 5.75 Å². The molecule has 26 heavy (non-hydrogen) atoms. The van der Waals surface area contributed by atoms with Crippen LogP contribution in [0.2, 0.25) is 0 Å². The van der Waals surface area contributed by atoms with Gasteiger partial charge in [0.05, 0.1) is 29.9 Å². The molecule has 4 rings (SSSR count). The Bertz CT molecular complexity index is 1110. The molecule has 7 heteroatoms. The molecule has 0 radical (unpaired) electrons. The van der Waals surface area contributed by atoms with Crippen molar-refractivity contribution < 1.29 is 13.9 Å². The smallest absolute Gasteiger partial charge is 0.323 e. The molecule has 2 amide bonds. The fraction of sp³-hybridized carbons (Fsp3) is 0.158. The fourth-order valence-electron chi connectivity index (χ4n) is 3.02. The van der Waals surface area contributed by atoms with Crippen molar-refractivity contribution in [3.63, 3.8) is 0 Å². The number of amides is 2. The second-order valence-corrected chi connectivity index (χ2v) is 6.04. The van der Waals surface area contributed by atoms with E-state index in [4.69, 9.17) is 9.15 Å². The van der Waals surface area contributed by atoms with Crippen molar-refractivity contribution in [2.75, 3.05) is 17.7 Å². The summed E-state index contributed by atoms with van der Waals surface area (Å²) >= 11 is 0. The largest absolute Gasteiger partial charge is 0.495 e. The summed E-state index contributed by atoms with van der Waals surface area (Å²) in [6.45, 7) is 3.66. The van der Waals surface area contributed by atoms with E-state index in [0.29, 0.717) is 22.7 Å². The molecule has 0 spiro atoms. The van der Waals surface area contributed by atoms with Crippen molar-refractivity contribution in [2.45, 2.75) is 13.8 Å². The number of fused-ring (bicyclic) bond motifs is 3. The van der Waals surface area contributed by atoms with E-state index in [-0.39, 0.29) is 6.03 Å². The van der Waals surface area contributed by atoms with Crippen LogP contribution < -0.4 is 15.4 Å². The summed E-state index contributed by atoms with van der Waals surface area (Å²) in [6.07, 6.45) is 0. The average molecular weight is 350 g/mol. The molecule has 2 heterocycles. The van der Waals surface area contributed by atoms with Crippen LogP contribution in [0.15, 0.2) is 40.8 Å². The van der Waals surface area contributed by atoms with Crippen molar-refractivity contribution >= 4 is 39.3 Å². The summed E-state index contributed by atoms with van der Waals surface area (Å²) in [6, 6.07) is 11.0. The Hall–Kier alpha value is -3.48. The second kappa shape index (κ2) is 6.11. The fourth-order valence-corrected chi connectivity index (χ4v) is 3.02. The van der Waals surface area contributed by atoms with E-state index >= 15 is 0 Å². The maximum Gasteiger partial charge on any atom is 0.323 e. The van der Waals surface area contributed by atoms with Crippen molar-refractivity contribution in [1.29, 1.82) is 0 Å². The minimum absolute atomic E-state index is 0.383. The number of ether oxygens (including phenoxy) is 1. The number of hydrogen-bond donors (Lipinski definition) is 3. The lowest BCUT2D eigenvalue weighted by molar-refractivity contribution is 0.262. The molecule has 0 saturated heterocycles. The number of para-hydroxylation sites is 1. The number of rotatable bonds is 3. The highest BCUT2D eigenvalue weighted by atomic mass is 16.5. The van der Waals surface area contributed by atoms with Crippen LogP contribution in [0.4, 0.5) is 16.2 Å². The number of hydrogen-bond acceptors (Lipinski definition) is 4. The molecule has 4 aromatic rings. The van der Waals surface area contributed by atoms with Crippen LogP contribution in [0, 0.1) is 13.8 Å². The van der Waals surface area contributed by atoms with Crippen LogP contribution in [-0.4, -0.2) is 23.3 Å². The number of H-pyrrole nitrogens is 1. The quantitative estimate of drug-likeness (QED) is 0.504. The maximum absolute atomic E-state index is 12.4. The SMILES string of the molecule is COc1cc2c(cc1NC(=O)Nc1c(C)n[nH]c1C)oc1ccccc12. The molecule has 0 aliphatic heterocycles. The number of benzene rings is 2. The van der Waals surface area contributed by atoms with E-state index in [1.807, 2.05) is 44.2 Å². The van der Waals surface area contributed by atoms with E-state index in [1.54, 1.807) is 13.2 Å². The molecule has 132 valence electrons. The van der Waals surface area contributed by atoms with E-state index in [0.717, 1.165) is 27.7 Å². The predicted molar refractivity (Wildman–Crippen MR) is 101 cm³/mol. The van der Waals surface area contributed by atoms with E-state index in [1.165, 1.54) is 0 Å². The van der Waals surface area contributed by atoms with Gasteiger partial charge in [0.15, 0.2) is 0 Å². The lowest BCUT2D eigenvalue weighted by Gasteiger charge is -2.11. The second-order valence-electron chi connectivity index (χ2n) is 6.04. The van der Waals surface area contributed by atoms with Crippen LogP contribution in [0.1, 0.15) is 11.4 Å². The topological polar surface area (TPSA) is 92.2 Å². The number of methoxy groups -OCH3 is 1. The Morgan fingerprint density at radius 1 is 1.12 bits per heavy atom.